The molecule has 0 unspecified atom stereocenters. The van der Waals surface area contributed by atoms with Gasteiger partial charge in [-0.1, -0.05) is 12.1 Å². The summed E-state index contributed by atoms with van der Waals surface area (Å²) in [5.41, 5.74) is 4.76. The van der Waals surface area contributed by atoms with Crippen molar-refractivity contribution in [2.24, 2.45) is 0 Å². The number of rotatable bonds is 2. The maximum Gasteiger partial charge on any atom is 0.145 e. The molecule has 0 saturated carbocycles. The molecule has 0 atom stereocenters. The standard InChI is InChI=1S/C14H14ClNO/c1-17-13-7-3-5-10-11(8-15)9-4-2-6-12(9)16-14(10)13/h3,5,7H,2,4,6,8H2,1H3. The molecule has 0 saturated heterocycles. The van der Waals surface area contributed by atoms with Gasteiger partial charge in [-0.15, -0.1) is 11.6 Å². The van der Waals surface area contributed by atoms with Crippen molar-refractivity contribution in [3.8, 4) is 5.75 Å². The summed E-state index contributed by atoms with van der Waals surface area (Å²) in [5.74, 6) is 1.39. The molecule has 88 valence electrons. The summed E-state index contributed by atoms with van der Waals surface area (Å²) in [6.45, 7) is 0. The molecule has 1 aliphatic rings. The van der Waals surface area contributed by atoms with Crippen molar-refractivity contribution in [2.45, 2.75) is 25.1 Å². The van der Waals surface area contributed by atoms with Gasteiger partial charge in [-0.3, -0.25) is 0 Å². The summed E-state index contributed by atoms with van der Waals surface area (Å²) < 4.78 is 5.38. The number of pyridine rings is 1. The number of ether oxygens (including phenoxy) is 1. The number of halogens is 1. The van der Waals surface area contributed by atoms with Crippen LogP contribution in [0.25, 0.3) is 10.9 Å². The highest BCUT2D eigenvalue weighted by Gasteiger charge is 2.20. The average Bonchev–Trinajstić information content (AvgIpc) is 2.82. The molecule has 2 nitrogen and oxygen atoms in total. The van der Waals surface area contributed by atoms with Crippen molar-refractivity contribution in [1.29, 1.82) is 0 Å². The van der Waals surface area contributed by atoms with E-state index in [-0.39, 0.29) is 0 Å². The second-order valence-electron chi connectivity index (χ2n) is 4.36. The van der Waals surface area contributed by atoms with Gasteiger partial charge in [0.25, 0.3) is 0 Å². The van der Waals surface area contributed by atoms with Gasteiger partial charge in [0, 0.05) is 17.0 Å². The van der Waals surface area contributed by atoms with Gasteiger partial charge in [-0.25, -0.2) is 4.98 Å². The number of para-hydroxylation sites is 1. The molecular formula is C14H14ClNO. The van der Waals surface area contributed by atoms with E-state index < -0.39 is 0 Å². The maximum absolute atomic E-state index is 6.12. The summed E-state index contributed by atoms with van der Waals surface area (Å²) in [6, 6.07) is 6.04. The van der Waals surface area contributed by atoms with Gasteiger partial charge in [-0.2, -0.15) is 0 Å². The van der Waals surface area contributed by atoms with Crippen LogP contribution in [-0.4, -0.2) is 12.1 Å². The van der Waals surface area contributed by atoms with Crippen molar-refractivity contribution in [2.75, 3.05) is 7.11 Å². The Labute approximate surface area is 106 Å². The van der Waals surface area contributed by atoms with Gasteiger partial charge < -0.3 is 4.74 Å². The Morgan fingerprint density at radius 3 is 3.00 bits per heavy atom. The van der Waals surface area contributed by atoms with Gasteiger partial charge in [0.1, 0.15) is 11.3 Å². The fourth-order valence-corrected chi connectivity index (χ4v) is 2.98. The van der Waals surface area contributed by atoms with E-state index in [1.165, 1.54) is 23.2 Å². The molecule has 3 heteroatoms. The maximum atomic E-state index is 6.12. The second kappa shape index (κ2) is 4.19. The molecule has 1 heterocycles. The zero-order valence-electron chi connectivity index (χ0n) is 9.79. The summed E-state index contributed by atoms with van der Waals surface area (Å²) in [4.78, 5) is 4.75. The van der Waals surface area contributed by atoms with E-state index in [0.717, 1.165) is 29.5 Å². The topological polar surface area (TPSA) is 22.1 Å². The first-order valence-electron chi connectivity index (χ1n) is 5.88. The Bertz CT molecular complexity index is 580. The van der Waals surface area contributed by atoms with Crippen LogP contribution in [0.1, 0.15) is 23.2 Å². The number of aromatic nitrogens is 1. The minimum Gasteiger partial charge on any atom is -0.494 e. The van der Waals surface area contributed by atoms with Crippen molar-refractivity contribution >= 4 is 22.5 Å². The summed E-state index contributed by atoms with van der Waals surface area (Å²) in [7, 11) is 1.68. The summed E-state index contributed by atoms with van der Waals surface area (Å²) in [6.07, 6.45) is 3.36. The van der Waals surface area contributed by atoms with Crippen LogP contribution in [0.4, 0.5) is 0 Å². The Morgan fingerprint density at radius 1 is 1.35 bits per heavy atom. The first-order valence-corrected chi connectivity index (χ1v) is 6.42. The van der Waals surface area contributed by atoms with E-state index in [1.807, 2.05) is 12.1 Å². The van der Waals surface area contributed by atoms with E-state index in [4.69, 9.17) is 21.3 Å². The van der Waals surface area contributed by atoms with Crippen LogP contribution >= 0.6 is 11.6 Å². The average molecular weight is 248 g/mol. The molecule has 3 rings (SSSR count). The minimum atomic E-state index is 0.550. The number of aryl methyl sites for hydroxylation is 1. The zero-order chi connectivity index (χ0) is 11.8. The van der Waals surface area contributed by atoms with Crippen molar-refractivity contribution in [1.82, 2.24) is 4.98 Å². The zero-order valence-corrected chi connectivity index (χ0v) is 10.5. The van der Waals surface area contributed by atoms with E-state index in [9.17, 15) is 0 Å². The van der Waals surface area contributed by atoms with Crippen LogP contribution in [0.15, 0.2) is 18.2 Å². The third-order valence-electron chi connectivity index (χ3n) is 3.48. The van der Waals surface area contributed by atoms with Gasteiger partial charge in [0.15, 0.2) is 0 Å². The monoisotopic (exact) mass is 247 g/mol. The predicted molar refractivity (Wildman–Crippen MR) is 69.9 cm³/mol. The van der Waals surface area contributed by atoms with E-state index in [2.05, 4.69) is 6.07 Å². The van der Waals surface area contributed by atoms with Crippen molar-refractivity contribution in [3.63, 3.8) is 0 Å². The molecule has 0 aliphatic heterocycles. The third-order valence-corrected chi connectivity index (χ3v) is 3.74. The Kier molecular flexibility index (Phi) is 2.67. The highest BCUT2D eigenvalue weighted by Crippen LogP contribution is 2.34. The summed E-state index contributed by atoms with van der Waals surface area (Å²) in [5, 5.41) is 1.14. The number of alkyl halides is 1. The minimum absolute atomic E-state index is 0.550. The second-order valence-corrected chi connectivity index (χ2v) is 4.63. The SMILES string of the molecule is COc1cccc2c(CCl)c3c(nc12)CCC3. The molecule has 17 heavy (non-hydrogen) atoms. The lowest BCUT2D eigenvalue weighted by atomic mass is 10.0. The highest BCUT2D eigenvalue weighted by molar-refractivity contribution is 6.18. The molecule has 0 amide bonds. The van der Waals surface area contributed by atoms with Crippen LogP contribution in [0, 0.1) is 0 Å². The molecule has 1 aliphatic carbocycles. The van der Waals surface area contributed by atoms with Gasteiger partial charge in [0.2, 0.25) is 0 Å². The molecular weight excluding hydrogens is 234 g/mol. The van der Waals surface area contributed by atoms with E-state index in [0.29, 0.717) is 5.88 Å². The first-order chi connectivity index (χ1) is 8.35. The van der Waals surface area contributed by atoms with Crippen molar-refractivity contribution in [3.05, 3.63) is 35.0 Å². The van der Waals surface area contributed by atoms with Crippen LogP contribution in [-0.2, 0) is 18.7 Å². The lowest BCUT2D eigenvalue weighted by molar-refractivity contribution is 0.419. The fraction of sp³-hybridized carbons (Fsp3) is 0.357. The number of fused-ring (bicyclic) bond motifs is 2. The Morgan fingerprint density at radius 2 is 2.24 bits per heavy atom. The molecule has 0 fully saturated rings. The van der Waals surface area contributed by atoms with Gasteiger partial charge >= 0.3 is 0 Å². The molecule has 0 bridgehead atoms. The smallest absolute Gasteiger partial charge is 0.145 e. The molecule has 1 aromatic carbocycles. The molecule has 1 aromatic heterocycles. The fourth-order valence-electron chi connectivity index (χ4n) is 2.67. The molecule has 0 spiro atoms. The number of methoxy groups -OCH3 is 1. The van der Waals surface area contributed by atoms with Crippen LogP contribution < -0.4 is 4.74 Å². The molecule has 0 radical (unpaired) electrons. The van der Waals surface area contributed by atoms with Crippen LogP contribution in [0.3, 0.4) is 0 Å². The summed E-state index contributed by atoms with van der Waals surface area (Å²) >= 11 is 6.12. The van der Waals surface area contributed by atoms with Gasteiger partial charge in [-0.05, 0) is 36.5 Å². The normalized spacial score (nSPS) is 14.0. The number of benzene rings is 1. The lowest BCUT2D eigenvalue weighted by Gasteiger charge is -2.12. The highest BCUT2D eigenvalue weighted by atomic mass is 35.5. The van der Waals surface area contributed by atoms with Crippen molar-refractivity contribution < 1.29 is 4.74 Å². The quantitative estimate of drug-likeness (QED) is 0.758. The van der Waals surface area contributed by atoms with Crippen LogP contribution in [0.5, 0.6) is 5.75 Å². The first kappa shape index (κ1) is 10.8. The lowest BCUT2D eigenvalue weighted by Crippen LogP contribution is -1.98. The predicted octanol–water partition coefficient (Wildman–Crippen LogP) is 3.47. The number of hydrogen-bond acceptors (Lipinski definition) is 2. The number of nitrogens with zero attached hydrogens (tertiary/aromatic N) is 1. The third kappa shape index (κ3) is 1.59. The molecule has 0 N–H and O–H groups in total. The van der Waals surface area contributed by atoms with Gasteiger partial charge in [0.05, 0.1) is 7.11 Å². The largest absolute Gasteiger partial charge is 0.494 e. The van der Waals surface area contributed by atoms with E-state index >= 15 is 0 Å². The Hall–Kier alpha value is -1.28. The van der Waals surface area contributed by atoms with E-state index in [1.54, 1.807) is 7.11 Å². The van der Waals surface area contributed by atoms with Crippen LogP contribution in [0.2, 0.25) is 0 Å². The Balaban J connectivity index is 2.40. The molecule has 2 aromatic rings. The number of hydrogen-bond donors (Lipinski definition) is 0.